The number of rotatable bonds is 8. The minimum absolute atomic E-state index is 0.268. The van der Waals surface area contributed by atoms with Crippen molar-refractivity contribution in [2.75, 3.05) is 24.7 Å². The molecule has 0 aliphatic heterocycles. The van der Waals surface area contributed by atoms with Crippen molar-refractivity contribution in [3.8, 4) is 0 Å². The molecule has 148 valence electrons. The van der Waals surface area contributed by atoms with Crippen molar-refractivity contribution < 1.29 is 19.1 Å². The van der Waals surface area contributed by atoms with Gasteiger partial charge in [0.15, 0.2) is 6.61 Å². The molecule has 0 radical (unpaired) electrons. The Bertz CT molecular complexity index is 835. The van der Waals surface area contributed by atoms with Crippen molar-refractivity contribution >= 4 is 35.2 Å². The van der Waals surface area contributed by atoms with E-state index in [1.807, 2.05) is 32.2 Å². The second-order valence-electron chi connectivity index (χ2n) is 6.50. The lowest BCUT2D eigenvalue weighted by Crippen LogP contribution is -2.29. The van der Waals surface area contributed by atoms with Crippen LogP contribution in [0.1, 0.15) is 34.6 Å². The van der Waals surface area contributed by atoms with Gasteiger partial charge >= 0.3 is 5.97 Å². The van der Waals surface area contributed by atoms with Crippen molar-refractivity contribution in [2.24, 2.45) is 5.92 Å². The first-order chi connectivity index (χ1) is 13.4. The molecule has 0 fully saturated rings. The third-order valence-corrected chi connectivity index (χ3v) is 4.52. The number of benzene rings is 2. The van der Waals surface area contributed by atoms with Crippen LogP contribution in [0, 0.1) is 5.92 Å². The van der Waals surface area contributed by atoms with Gasteiger partial charge in [-0.25, -0.2) is 4.79 Å². The molecule has 0 unspecified atom stereocenters. The van der Waals surface area contributed by atoms with Crippen LogP contribution in [-0.4, -0.2) is 37.2 Å². The zero-order valence-electron chi connectivity index (χ0n) is 16.2. The Balaban J connectivity index is 1.93. The maximum atomic E-state index is 12.3. The summed E-state index contributed by atoms with van der Waals surface area (Å²) in [6.07, 6.45) is 1.94. The lowest BCUT2D eigenvalue weighted by Gasteiger charge is -2.12. The highest BCUT2D eigenvalue weighted by Gasteiger charge is 2.15. The maximum Gasteiger partial charge on any atom is 0.338 e. The summed E-state index contributed by atoms with van der Waals surface area (Å²) in [4.78, 5) is 37.6. The van der Waals surface area contributed by atoms with Gasteiger partial charge in [-0.2, -0.15) is 0 Å². The second-order valence-corrected chi connectivity index (χ2v) is 7.38. The fraction of sp³-hybridized carbons (Fsp3) is 0.286. The number of hydrogen-bond donors (Lipinski definition) is 2. The highest BCUT2D eigenvalue weighted by molar-refractivity contribution is 7.98. The Kier molecular flexibility index (Phi) is 8.07. The van der Waals surface area contributed by atoms with Crippen LogP contribution in [0.15, 0.2) is 53.4 Å². The van der Waals surface area contributed by atoms with Gasteiger partial charge in [-0.05, 0) is 48.6 Å². The zero-order valence-corrected chi connectivity index (χ0v) is 17.0. The first-order valence-electron chi connectivity index (χ1n) is 8.89. The van der Waals surface area contributed by atoms with Crippen LogP contribution in [0.3, 0.4) is 0 Å². The van der Waals surface area contributed by atoms with E-state index in [1.165, 1.54) is 0 Å². The van der Waals surface area contributed by atoms with E-state index in [0.29, 0.717) is 29.3 Å². The topological polar surface area (TPSA) is 84.5 Å². The molecule has 2 amide bonds. The second kappa shape index (κ2) is 10.5. The van der Waals surface area contributed by atoms with Gasteiger partial charge in [0.05, 0.1) is 16.8 Å². The van der Waals surface area contributed by atoms with E-state index in [-0.39, 0.29) is 5.91 Å². The summed E-state index contributed by atoms with van der Waals surface area (Å²) in [5.41, 5.74) is 1.10. The van der Waals surface area contributed by atoms with Crippen molar-refractivity contribution in [1.82, 2.24) is 5.32 Å². The average Bonchev–Trinajstić information content (AvgIpc) is 2.70. The molecule has 7 heteroatoms. The summed E-state index contributed by atoms with van der Waals surface area (Å²) in [5, 5.41) is 5.44. The van der Waals surface area contributed by atoms with Crippen LogP contribution in [0.2, 0.25) is 0 Å². The van der Waals surface area contributed by atoms with E-state index < -0.39 is 18.5 Å². The van der Waals surface area contributed by atoms with Crippen LogP contribution in [0.25, 0.3) is 0 Å². The highest BCUT2D eigenvalue weighted by atomic mass is 32.2. The van der Waals surface area contributed by atoms with Gasteiger partial charge in [0, 0.05) is 11.4 Å². The zero-order chi connectivity index (χ0) is 20.5. The Morgan fingerprint density at radius 1 is 1.04 bits per heavy atom. The number of carbonyl (C=O) groups excluding carboxylic acids is 3. The standard InChI is InChI=1S/C21H24N2O4S/c1-14(2)12-22-20(25)17-6-4-5-7-18(17)23-19(24)13-27-21(26)15-8-10-16(28-3)11-9-15/h4-11,14H,12-13H2,1-3H3,(H,22,25)(H,23,24). The van der Waals surface area contributed by atoms with Crippen LogP contribution in [-0.2, 0) is 9.53 Å². The molecule has 0 heterocycles. The van der Waals surface area contributed by atoms with Gasteiger partial charge in [-0.1, -0.05) is 26.0 Å². The fourth-order valence-electron chi connectivity index (χ4n) is 2.31. The number of ether oxygens (including phenoxy) is 1. The molecule has 28 heavy (non-hydrogen) atoms. The fourth-order valence-corrected chi connectivity index (χ4v) is 2.72. The molecule has 0 atom stereocenters. The van der Waals surface area contributed by atoms with Gasteiger partial charge in [-0.3, -0.25) is 9.59 Å². The predicted molar refractivity (Wildman–Crippen MR) is 111 cm³/mol. The van der Waals surface area contributed by atoms with E-state index in [1.54, 1.807) is 48.2 Å². The minimum Gasteiger partial charge on any atom is -0.452 e. The van der Waals surface area contributed by atoms with Crippen molar-refractivity contribution in [2.45, 2.75) is 18.7 Å². The number of hydrogen-bond acceptors (Lipinski definition) is 5. The largest absolute Gasteiger partial charge is 0.452 e. The summed E-state index contributed by atoms with van der Waals surface area (Å²) >= 11 is 1.57. The number of nitrogens with one attached hydrogen (secondary N) is 2. The number of amides is 2. The number of para-hydroxylation sites is 1. The third-order valence-electron chi connectivity index (χ3n) is 3.78. The maximum absolute atomic E-state index is 12.3. The number of carbonyl (C=O) groups is 3. The van der Waals surface area contributed by atoms with E-state index >= 15 is 0 Å². The van der Waals surface area contributed by atoms with Gasteiger partial charge in [0.1, 0.15) is 0 Å². The Labute approximate surface area is 169 Å². The molecule has 0 aliphatic carbocycles. The van der Waals surface area contributed by atoms with Crippen molar-refractivity contribution in [3.05, 3.63) is 59.7 Å². The monoisotopic (exact) mass is 400 g/mol. The highest BCUT2D eigenvalue weighted by Crippen LogP contribution is 2.16. The van der Waals surface area contributed by atoms with Crippen LogP contribution in [0.4, 0.5) is 5.69 Å². The molecule has 6 nitrogen and oxygen atoms in total. The van der Waals surface area contributed by atoms with E-state index in [4.69, 9.17) is 4.74 Å². The van der Waals surface area contributed by atoms with Gasteiger partial charge in [-0.15, -0.1) is 11.8 Å². The van der Waals surface area contributed by atoms with Crippen LogP contribution in [0.5, 0.6) is 0 Å². The smallest absolute Gasteiger partial charge is 0.338 e. The number of thioether (sulfide) groups is 1. The molecule has 0 saturated heterocycles. The lowest BCUT2D eigenvalue weighted by atomic mass is 10.1. The van der Waals surface area contributed by atoms with Gasteiger partial charge in [0.25, 0.3) is 11.8 Å². The normalized spacial score (nSPS) is 10.4. The molecule has 0 saturated carbocycles. The van der Waals surface area contributed by atoms with Crippen LogP contribution >= 0.6 is 11.8 Å². The summed E-state index contributed by atoms with van der Waals surface area (Å²) in [5.74, 6) is -1.05. The van der Waals surface area contributed by atoms with E-state index in [0.717, 1.165) is 4.90 Å². The van der Waals surface area contributed by atoms with Crippen molar-refractivity contribution in [3.63, 3.8) is 0 Å². The van der Waals surface area contributed by atoms with E-state index in [2.05, 4.69) is 10.6 Å². The van der Waals surface area contributed by atoms with Gasteiger partial charge < -0.3 is 15.4 Å². The van der Waals surface area contributed by atoms with Crippen molar-refractivity contribution in [1.29, 1.82) is 0 Å². The van der Waals surface area contributed by atoms with E-state index in [9.17, 15) is 14.4 Å². The molecule has 2 aromatic carbocycles. The average molecular weight is 401 g/mol. The molecule has 0 aliphatic rings. The Morgan fingerprint density at radius 2 is 1.71 bits per heavy atom. The molecule has 0 aromatic heterocycles. The molecular formula is C21H24N2O4S. The van der Waals surface area contributed by atoms with Gasteiger partial charge in [0.2, 0.25) is 0 Å². The first kappa shape index (κ1) is 21.5. The molecule has 0 bridgehead atoms. The molecule has 2 rings (SSSR count). The Hall–Kier alpha value is -2.80. The summed E-state index contributed by atoms with van der Waals surface area (Å²) < 4.78 is 5.06. The Morgan fingerprint density at radius 3 is 2.36 bits per heavy atom. The summed E-state index contributed by atoms with van der Waals surface area (Å²) in [7, 11) is 0. The minimum atomic E-state index is -0.578. The molecule has 0 spiro atoms. The van der Waals surface area contributed by atoms with Crippen LogP contribution < -0.4 is 10.6 Å². The SMILES string of the molecule is CSc1ccc(C(=O)OCC(=O)Nc2ccccc2C(=O)NCC(C)C)cc1. The number of esters is 1. The molecule has 2 aromatic rings. The molecular weight excluding hydrogens is 376 g/mol. The summed E-state index contributed by atoms with van der Waals surface area (Å²) in [6.45, 7) is 4.09. The molecule has 2 N–H and O–H groups in total. The third kappa shape index (κ3) is 6.42. The number of anilines is 1. The summed E-state index contributed by atoms with van der Waals surface area (Å²) in [6, 6.07) is 13.6. The first-order valence-corrected chi connectivity index (χ1v) is 10.1. The lowest BCUT2D eigenvalue weighted by molar-refractivity contribution is -0.119. The quantitative estimate of drug-likeness (QED) is 0.523. The predicted octanol–water partition coefficient (Wildman–Crippen LogP) is 3.59.